The molecule has 0 aliphatic heterocycles. The molecule has 2 amide bonds. The van der Waals surface area contributed by atoms with E-state index in [0.29, 0.717) is 16.7 Å². The summed E-state index contributed by atoms with van der Waals surface area (Å²) in [6.07, 6.45) is -1.25. The quantitative estimate of drug-likeness (QED) is 0.729. The summed E-state index contributed by atoms with van der Waals surface area (Å²) in [5.41, 5.74) is 6.90. The Morgan fingerprint density at radius 2 is 1.88 bits per heavy atom. The lowest BCUT2D eigenvalue weighted by Gasteiger charge is -2.18. The molecule has 2 aromatic carbocycles. The van der Waals surface area contributed by atoms with Gasteiger partial charge in [0.05, 0.1) is 11.6 Å². The van der Waals surface area contributed by atoms with Crippen molar-refractivity contribution in [1.29, 1.82) is 5.26 Å². The first-order chi connectivity index (χ1) is 11.5. The van der Waals surface area contributed by atoms with Gasteiger partial charge in [0.1, 0.15) is 6.04 Å². The first kappa shape index (κ1) is 17.2. The number of nitrogens with one attached hydrogen (secondary N) is 1. The van der Waals surface area contributed by atoms with E-state index in [-0.39, 0.29) is 6.42 Å². The van der Waals surface area contributed by atoms with E-state index in [9.17, 15) is 14.7 Å². The Balaban J connectivity index is 2.09. The Labute approximate surface area is 139 Å². The molecular formula is C18H17N3O3. The number of carbonyl (C=O) groups is 2. The molecule has 6 heteroatoms. The van der Waals surface area contributed by atoms with E-state index >= 15 is 0 Å². The zero-order chi connectivity index (χ0) is 17.5. The highest BCUT2D eigenvalue weighted by Crippen LogP contribution is 2.13. The lowest BCUT2D eigenvalue weighted by molar-refractivity contribution is -0.133. The average Bonchev–Trinajstić information content (AvgIpc) is 2.61. The number of nitriles is 1. The molecule has 4 N–H and O–H groups in total. The molecule has 0 unspecified atom stereocenters. The zero-order valence-electron chi connectivity index (χ0n) is 12.8. The molecule has 0 spiro atoms. The molecule has 0 saturated heterocycles. The molecule has 2 rings (SSSR count). The lowest BCUT2D eigenvalue weighted by Crippen LogP contribution is -2.47. The van der Waals surface area contributed by atoms with Crippen LogP contribution in [0.1, 0.15) is 22.8 Å². The van der Waals surface area contributed by atoms with Crippen molar-refractivity contribution in [2.75, 3.05) is 0 Å². The largest absolute Gasteiger partial charge is 0.378 e. The molecule has 6 nitrogen and oxygen atoms in total. The van der Waals surface area contributed by atoms with Crippen LogP contribution in [0, 0.1) is 11.3 Å². The molecule has 0 aromatic heterocycles. The van der Waals surface area contributed by atoms with Gasteiger partial charge in [-0.3, -0.25) is 9.59 Å². The molecule has 0 fully saturated rings. The average molecular weight is 323 g/mol. The smallest absolute Gasteiger partial charge is 0.254 e. The van der Waals surface area contributed by atoms with E-state index in [1.54, 1.807) is 54.6 Å². The number of aliphatic hydroxyl groups is 1. The number of rotatable bonds is 6. The summed E-state index contributed by atoms with van der Waals surface area (Å²) in [7, 11) is 0. The highest BCUT2D eigenvalue weighted by atomic mass is 16.3. The van der Waals surface area contributed by atoms with Crippen LogP contribution in [0.5, 0.6) is 0 Å². The lowest BCUT2D eigenvalue weighted by atomic mass is 10.0. The standard InChI is InChI=1S/C18H17N3O3/c19-11-13-6-4-5-12(9-13)10-15(17(20)23)21-18(24)16(22)14-7-2-1-3-8-14/h1-9,15-16,22H,10H2,(H2,20,23)(H,21,24)/t15-,16-/m0/s1. The monoisotopic (exact) mass is 323 g/mol. The van der Waals surface area contributed by atoms with Gasteiger partial charge in [-0.05, 0) is 23.3 Å². The van der Waals surface area contributed by atoms with E-state index in [1.165, 1.54) is 0 Å². The van der Waals surface area contributed by atoms with Gasteiger partial charge in [0.2, 0.25) is 5.91 Å². The van der Waals surface area contributed by atoms with Crippen LogP contribution < -0.4 is 11.1 Å². The third-order valence-corrected chi connectivity index (χ3v) is 3.52. The van der Waals surface area contributed by atoms with Gasteiger partial charge in [0.15, 0.2) is 6.10 Å². The van der Waals surface area contributed by atoms with Gasteiger partial charge < -0.3 is 16.2 Å². The second-order valence-corrected chi connectivity index (χ2v) is 5.29. The number of carbonyl (C=O) groups excluding carboxylic acids is 2. The topological polar surface area (TPSA) is 116 Å². The third kappa shape index (κ3) is 4.41. The summed E-state index contributed by atoms with van der Waals surface area (Å²) in [6.45, 7) is 0. The van der Waals surface area contributed by atoms with Crippen molar-refractivity contribution in [2.45, 2.75) is 18.6 Å². The van der Waals surface area contributed by atoms with Crippen LogP contribution in [0.2, 0.25) is 0 Å². The number of aliphatic hydroxyl groups excluding tert-OH is 1. The Kier molecular flexibility index (Phi) is 5.66. The molecule has 122 valence electrons. The fourth-order valence-electron chi connectivity index (χ4n) is 2.26. The fourth-order valence-corrected chi connectivity index (χ4v) is 2.26. The van der Waals surface area contributed by atoms with Gasteiger partial charge in [-0.2, -0.15) is 5.26 Å². The number of amides is 2. The number of primary amides is 1. The van der Waals surface area contributed by atoms with Crippen LogP contribution in [0.15, 0.2) is 54.6 Å². The number of hydrogen-bond donors (Lipinski definition) is 3. The summed E-state index contributed by atoms with van der Waals surface area (Å²) in [6, 6.07) is 16.1. The first-order valence-corrected chi connectivity index (χ1v) is 7.33. The SMILES string of the molecule is N#Cc1cccc(C[C@H](NC(=O)[C@@H](O)c2ccccc2)C(N)=O)c1. The molecule has 0 aliphatic carbocycles. The Bertz CT molecular complexity index is 769. The van der Waals surface area contributed by atoms with Gasteiger partial charge in [-0.25, -0.2) is 0 Å². The van der Waals surface area contributed by atoms with Crippen LogP contribution >= 0.6 is 0 Å². The Morgan fingerprint density at radius 3 is 2.50 bits per heavy atom. The summed E-state index contributed by atoms with van der Waals surface area (Å²) in [5.74, 6) is -1.42. The van der Waals surface area contributed by atoms with Crippen molar-refractivity contribution in [3.8, 4) is 6.07 Å². The summed E-state index contributed by atoms with van der Waals surface area (Å²) in [5, 5.41) is 21.4. The minimum Gasteiger partial charge on any atom is -0.378 e. The number of nitrogens with zero attached hydrogens (tertiary/aromatic N) is 1. The zero-order valence-corrected chi connectivity index (χ0v) is 12.8. The van der Waals surface area contributed by atoms with Crippen LogP contribution in [0.25, 0.3) is 0 Å². The van der Waals surface area contributed by atoms with Gasteiger partial charge in [0, 0.05) is 6.42 Å². The van der Waals surface area contributed by atoms with Crippen LogP contribution in [-0.2, 0) is 16.0 Å². The molecule has 24 heavy (non-hydrogen) atoms. The number of benzene rings is 2. The fraction of sp³-hybridized carbons (Fsp3) is 0.167. The van der Waals surface area contributed by atoms with Gasteiger partial charge in [-0.15, -0.1) is 0 Å². The van der Waals surface area contributed by atoms with E-state index in [0.717, 1.165) is 0 Å². The van der Waals surface area contributed by atoms with Crippen molar-refractivity contribution < 1.29 is 14.7 Å². The predicted molar refractivity (Wildman–Crippen MR) is 87.4 cm³/mol. The van der Waals surface area contributed by atoms with E-state index in [1.807, 2.05) is 6.07 Å². The first-order valence-electron chi connectivity index (χ1n) is 7.33. The van der Waals surface area contributed by atoms with E-state index in [4.69, 9.17) is 11.0 Å². The van der Waals surface area contributed by atoms with Crippen molar-refractivity contribution in [2.24, 2.45) is 5.73 Å². The van der Waals surface area contributed by atoms with E-state index in [2.05, 4.69) is 5.32 Å². The summed E-state index contributed by atoms with van der Waals surface area (Å²) >= 11 is 0. The van der Waals surface area contributed by atoms with Crippen molar-refractivity contribution >= 4 is 11.8 Å². The normalized spacial score (nSPS) is 12.7. The Hall–Kier alpha value is -3.17. The molecule has 0 bridgehead atoms. The second kappa shape index (κ2) is 7.90. The van der Waals surface area contributed by atoms with Crippen molar-refractivity contribution in [3.05, 3.63) is 71.3 Å². The maximum atomic E-state index is 12.2. The van der Waals surface area contributed by atoms with Crippen molar-refractivity contribution in [1.82, 2.24) is 5.32 Å². The van der Waals surface area contributed by atoms with Crippen LogP contribution in [0.4, 0.5) is 0 Å². The van der Waals surface area contributed by atoms with Gasteiger partial charge in [0.25, 0.3) is 5.91 Å². The minimum absolute atomic E-state index is 0.137. The molecule has 0 heterocycles. The molecule has 0 saturated carbocycles. The maximum Gasteiger partial charge on any atom is 0.254 e. The highest BCUT2D eigenvalue weighted by Gasteiger charge is 2.24. The summed E-state index contributed by atoms with van der Waals surface area (Å²) < 4.78 is 0. The molecule has 2 atom stereocenters. The second-order valence-electron chi connectivity index (χ2n) is 5.29. The molecule has 0 radical (unpaired) electrons. The molecule has 2 aromatic rings. The number of hydrogen-bond acceptors (Lipinski definition) is 4. The molecule has 0 aliphatic rings. The molecular weight excluding hydrogens is 306 g/mol. The Morgan fingerprint density at radius 1 is 1.17 bits per heavy atom. The number of nitrogens with two attached hydrogens (primary N) is 1. The van der Waals surface area contributed by atoms with Crippen LogP contribution in [-0.4, -0.2) is 23.0 Å². The van der Waals surface area contributed by atoms with Gasteiger partial charge >= 0.3 is 0 Å². The van der Waals surface area contributed by atoms with Crippen LogP contribution in [0.3, 0.4) is 0 Å². The maximum absolute atomic E-state index is 12.2. The predicted octanol–water partition coefficient (Wildman–Crippen LogP) is 0.804. The van der Waals surface area contributed by atoms with E-state index < -0.39 is 24.0 Å². The third-order valence-electron chi connectivity index (χ3n) is 3.52. The minimum atomic E-state index is -1.39. The van der Waals surface area contributed by atoms with Crippen molar-refractivity contribution in [3.63, 3.8) is 0 Å². The summed E-state index contributed by atoms with van der Waals surface area (Å²) in [4.78, 5) is 23.8. The highest BCUT2D eigenvalue weighted by molar-refractivity contribution is 5.89. The van der Waals surface area contributed by atoms with Gasteiger partial charge in [-0.1, -0.05) is 42.5 Å².